The van der Waals surface area contributed by atoms with E-state index in [2.05, 4.69) is 4.90 Å². The molecular formula is C24H29N3O8. The summed E-state index contributed by atoms with van der Waals surface area (Å²) >= 11 is 0. The highest BCUT2D eigenvalue weighted by Gasteiger charge is 2.42. The lowest BCUT2D eigenvalue weighted by atomic mass is 9.79. The third-order valence-corrected chi connectivity index (χ3v) is 6.32. The van der Waals surface area contributed by atoms with Gasteiger partial charge in [-0.15, -0.1) is 0 Å². The summed E-state index contributed by atoms with van der Waals surface area (Å²) in [5, 5.41) is 11.5. The quantitative estimate of drug-likeness (QED) is 0.233. The average Bonchev–Trinajstić information content (AvgIpc) is 3.38. The number of likely N-dealkylation sites (tertiary alicyclic amines) is 1. The van der Waals surface area contributed by atoms with Crippen LogP contribution in [0.25, 0.3) is 0 Å². The van der Waals surface area contributed by atoms with Crippen molar-refractivity contribution in [2.24, 2.45) is 0 Å². The lowest BCUT2D eigenvalue weighted by Crippen LogP contribution is -2.42. The molecule has 0 radical (unpaired) electrons. The Kier molecular flexibility index (Phi) is 8.23. The van der Waals surface area contributed by atoms with E-state index < -0.39 is 28.7 Å². The van der Waals surface area contributed by atoms with Crippen molar-refractivity contribution in [1.82, 2.24) is 9.80 Å². The predicted molar refractivity (Wildman–Crippen MR) is 124 cm³/mol. The number of allylic oxidation sites excluding steroid dienone is 1. The molecule has 3 rings (SSSR count). The van der Waals surface area contributed by atoms with Gasteiger partial charge < -0.3 is 19.1 Å². The number of hydrogen-bond acceptors (Lipinski definition) is 10. The first-order chi connectivity index (χ1) is 16.7. The van der Waals surface area contributed by atoms with Crippen LogP contribution < -0.4 is 0 Å². The Balaban J connectivity index is 2.32. The van der Waals surface area contributed by atoms with Gasteiger partial charge in [0, 0.05) is 30.1 Å². The lowest BCUT2D eigenvalue weighted by molar-refractivity contribution is -0.384. The standard InChI is InChI=1S/C24H29N3O8/c1-15-20(23(29)34-3)21(16-8-7-9-17(12-16)27(31)32)22(24(30)35-4)18(13-25-10-5-6-11-25)26(15)14-19(28)33-2/h7-9,12,21H,5-6,10-11,13-14H2,1-4H3/t21-/m1/s1. The van der Waals surface area contributed by atoms with Crippen molar-refractivity contribution in [3.63, 3.8) is 0 Å². The minimum Gasteiger partial charge on any atom is -0.468 e. The summed E-state index contributed by atoms with van der Waals surface area (Å²) < 4.78 is 15.0. The molecule has 1 fully saturated rings. The summed E-state index contributed by atoms with van der Waals surface area (Å²) in [7, 11) is 3.68. The minimum absolute atomic E-state index is 0.0856. The van der Waals surface area contributed by atoms with Crippen LogP contribution in [0.3, 0.4) is 0 Å². The number of carbonyl (C=O) groups excluding carboxylic acids is 3. The van der Waals surface area contributed by atoms with E-state index in [0.29, 0.717) is 23.5 Å². The van der Waals surface area contributed by atoms with Crippen molar-refractivity contribution in [2.45, 2.75) is 25.7 Å². The van der Waals surface area contributed by atoms with Crippen LogP contribution in [0.4, 0.5) is 5.69 Å². The Morgan fingerprint density at radius 3 is 2.23 bits per heavy atom. The van der Waals surface area contributed by atoms with Crippen molar-refractivity contribution in [3.8, 4) is 0 Å². The molecule has 0 unspecified atom stereocenters. The number of benzene rings is 1. The molecule has 1 aromatic carbocycles. The maximum Gasteiger partial charge on any atom is 0.336 e. The molecule has 188 valence electrons. The molecule has 1 saturated heterocycles. The Hall–Kier alpha value is -3.73. The van der Waals surface area contributed by atoms with Crippen LogP contribution in [-0.2, 0) is 28.6 Å². The summed E-state index contributed by atoms with van der Waals surface area (Å²) in [5.74, 6) is -3.00. The lowest BCUT2D eigenvalue weighted by Gasteiger charge is -2.39. The van der Waals surface area contributed by atoms with Crippen molar-refractivity contribution in [3.05, 3.63) is 62.5 Å². The number of esters is 3. The van der Waals surface area contributed by atoms with Gasteiger partial charge in [-0.05, 0) is 38.4 Å². The number of nitrogens with zero attached hydrogens (tertiary/aromatic N) is 3. The zero-order valence-electron chi connectivity index (χ0n) is 20.2. The van der Waals surface area contributed by atoms with Crippen molar-refractivity contribution < 1.29 is 33.5 Å². The molecule has 35 heavy (non-hydrogen) atoms. The van der Waals surface area contributed by atoms with Gasteiger partial charge in [-0.3, -0.25) is 19.8 Å². The number of rotatable bonds is 8. The summed E-state index contributed by atoms with van der Waals surface area (Å²) in [4.78, 5) is 53.3. The van der Waals surface area contributed by atoms with E-state index in [1.54, 1.807) is 17.9 Å². The highest BCUT2D eigenvalue weighted by molar-refractivity contribution is 6.00. The molecule has 0 saturated carbocycles. The van der Waals surface area contributed by atoms with Gasteiger partial charge in [0.15, 0.2) is 0 Å². The Labute approximate surface area is 203 Å². The molecule has 0 aromatic heterocycles. The maximum absolute atomic E-state index is 13.3. The zero-order valence-corrected chi connectivity index (χ0v) is 20.2. The third kappa shape index (κ3) is 5.35. The molecule has 0 amide bonds. The number of ether oxygens (including phenoxy) is 3. The summed E-state index contributed by atoms with van der Waals surface area (Å²) in [5.41, 5.74) is 1.24. The van der Waals surface area contributed by atoms with Crippen LogP contribution in [0.1, 0.15) is 31.2 Å². The van der Waals surface area contributed by atoms with E-state index in [0.717, 1.165) is 25.9 Å². The number of hydrogen-bond donors (Lipinski definition) is 0. The van der Waals surface area contributed by atoms with Gasteiger partial charge in [0.25, 0.3) is 5.69 Å². The van der Waals surface area contributed by atoms with Gasteiger partial charge in [0.2, 0.25) is 0 Å². The molecule has 0 bridgehead atoms. The van der Waals surface area contributed by atoms with Gasteiger partial charge in [-0.25, -0.2) is 9.59 Å². The van der Waals surface area contributed by atoms with E-state index in [1.807, 2.05) is 0 Å². The second kappa shape index (κ2) is 11.1. The monoisotopic (exact) mass is 487 g/mol. The molecule has 11 nitrogen and oxygen atoms in total. The molecule has 2 aliphatic rings. The molecule has 0 aliphatic carbocycles. The van der Waals surface area contributed by atoms with Crippen LogP contribution in [-0.4, -0.2) is 80.1 Å². The highest BCUT2D eigenvalue weighted by Crippen LogP contribution is 2.44. The normalized spacial score (nSPS) is 18.5. The van der Waals surface area contributed by atoms with Crippen molar-refractivity contribution in [1.29, 1.82) is 0 Å². The van der Waals surface area contributed by atoms with E-state index >= 15 is 0 Å². The molecule has 11 heteroatoms. The third-order valence-electron chi connectivity index (χ3n) is 6.32. The zero-order chi connectivity index (χ0) is 25.7. The molecule has 0 N–H and O–H groups in total. The second-order valence-corrected chi connectivity index (χ2v) is 8.27. The van der Waals surface area contributed by atoms with Gasteiger partial charge in [0.1, 0.15) is 6.54 Å². The van der Waals surface area contributed by atoms with E-state index in [9.17, 15) is 24.5 Å². The van der Waals surface area contributed by atoms with Gasteiger partial charge in [-0.1, -0.05) is 12.1 Å². The number of methoxy groups -OCH3 is 3. The van der Waals surface area contributed by atoms with Gasteiger partial charge >= 0.3 is 17.9 Å². The number of nitro benzene ring substituents is 1. The number of non-ortho nitro benzene ring substituents is 1. The van der Waals surface area contributed by atoms with Crippen LogP contribution in [0, 0.1) is 10.1 Å². The van der Waals surface area contributed by atoms with E-state index in [-0.39, 0.29) is 23.4 Å². The van der Waals surface area contributed by atoms with Crippen molar-refractivity contribution in [2.75, 3.05) is 47.5 Å². The molecular weight excluding hydrogens is 458 g/mol. The summed E-state index contributed by atoms with van der Waals surface area (Å²) in [6, 6.07) is 5.76. The minimum atomic E-state index is -0.999. The maximum atomic E-state index is 13.3. The average molecular weight is 488 g/mol. The van der Waals surface area contributed by atoms with Crippen LogP contribution in [0.15, 0.2) is 46.8 Å². The predicted octanol–water partition coefficient (Wildman–Crippen LogP) is 2.14. The Morgan fingerprint density at radius 2 is 1.66 bits per heavy atom. The van der Waals surface area contributed by atoms with Gasteiger partial charge in [0.05, 0.1) is 43.3 Å². The fourth-order valence-corrected chi connectivity index (χ4v) is 4.62. The van der Waals surface area contributed by atoms with Crippen LogP contribution in [0.5, 0.6) is 0 Å². The molecule has 2 aliphatic heterocycles. The molecule has 1 aromatic rings. The van der Waals surface area contributed by atoms with Crippen LogP contribution >= 0.6 is 0 Å². The highest BCUT2D eigenvalue weighted by atomic mass is 16.6. The number of carbonyl (C=O) groups is 3. The summed E-state index contributed by atoms with van der Waals surface area (Å²) in [6.07, 6.45) is 1.99. The topological polar surface area (TPSA) is 129 Å². The molecule has 2 heterocycles. The summed E-state index contributed by atoms with van der Waals surface area (Å²) in [6.45, 7) is 3.33. The first-order valence-corrected chi connectivity index (χ1v) is 11.1. The van der Waals surface area contributed by atoms with E-state index in [1.165, 1.54) is 39.5 Å². The SMILES string of the molecule is COC(=O)CN1C(C)=C(C(=O)OC)[C@@H](c2cccc([N+](=O)[O-])c2)C(C(=O)OC)=C1CN1CCCC1. The molecule has 0 spiro atoms. The number of nitro groups is 1. The van der Waals surface area contributed by atoms with Crippen LogP contribution in [0.2, 0.25) is 0 Å². The van der Waals surface area contributed by atoms with Crippen molar-refractivity contribution >= 4 is 23.6 Å². The largest absolute Gasteiger partial charge is 0.468 e. The fourth-order valence-electron chi connectivity index (χ4n) is 4.62. The Bertz CT molecular complexity index is 1090. The molecule has 1 atom stereocenters. The second-order valence-electron chi connectivity index (χ2n) is 8.27. The fraction of sp³-hybridized carbons (Fsp3) is 0.458. The first-order valence-electron chi connectivity index (χ1n) is 11.1. The Morgan fingerprint density at radius 1 is 1.03 bits per heavy atom. The van der Waals surface area contributed by atoms with Gasteiger partial charge in [-0.2, -0.15) is 0 Å². The van der Waals surface area contributed by atoms with E-state index in [4.69, 9.17) is 14.2 Å². The smallest absolute Gasteiger partial charge is 0.336 e. The first kappa shape index (κ1) is 25.9.